The highest BCUT2D eigenvalue weighted by atomic mass is 79.9. The van der Waals surface area contributed by atoms with E-state index in [1.165, 1.54) is 11.3 Å². The van der Waals surface area contributed by atoms with E-state index in [2.05, 4.69) is 21.2 Å². The third-order valence-electron chi connectivity index (χ3n) is 5.35. The van der Waals surface area contributed by atoms with Crippen LogP contribution in [0.15, 0.2) is 77.3 Å². The lowest BCUT2D eigenvalue weighted by Crippen LogP contribution is -2.21. The lowest BCUT2D eigenvalue weighted by Gasteiger charge is -2.11. The Balaban J connectivity index is 1.52. The molecular weight excluding hydrogens is 562 g/mol. The second-order valence-corrected chi connectivity index (χ2v) is 10.3. The zero-order chi connectivity index (χ0) is 25.7. The minimum absolute atomic E-state index is 0.220. The van der Waals surface area contributed by atoms with Crippen LogP contribution in [0.5, 0.6) is 5.75 Å². The van der Waals surface area contributed by atoms with Crippen LogP contribution in [0.4, 0.5) is 5.00 Å². The number of amides is 1. The van der Waals surface area contributed by atoms with E-state index >= 15 is 0 Å². The summed E-state index contributed by atoms with van der Waals surface area (Å²) in [4.78, 5) is 26.5. The second kappa shape index (κ2) is 11.7. The summed E-state index contributed by atoms with van der Waals surface area (Å²) in [5, 5.41) is 3.85. The highest BCUT2D eigenvalue weighted by molar-refractivity contribution is 9.10. The van der Waals surface area contributed by atoms with Gasteiger partial charge in [0.05, 0.1) is 11.1 Å². The topological polar surface area (TPSA) is 64.6 Å². The Morgan fingerprint density at radius 2 is 1.67 bits per heavy atom. The molecule has 36 heavy (non-hydrogen) atoms. The average Bonchev–Trinajstić information content (AvgIpc) is 3.19. The van der Waals surface area contributed by atoms with E-state index in [1.54, 1.807) is 19.1 Å². The Hall–Kier alpha value is -3.13. The molecule has 0 bridgehead atoms. The SMILES string of the molecule is CCOC(=O)c1c(NC(=O)COc2ccc(-c3ccccc3)cc2Br)sc(C)c1-c1ccc(Cl)cc1. The zero-order valence-electron chi connectivity index (χ0n) is 19.6. The van der Waals surface area contributed by atoms with Crippen LogP contribution in [0.3, 0.4) is 0 Å². The predicted molar refractivity (Wildman–Crippen MR) is 149 cm³/mol. The van der Waals surface area contributed by atoms with Crippen molar-refractivity contribution in [2.45, 2.75) is 13.8 Å². The van der Waals surface area contributed by atoms with Crippen molar-refractivity contribution in [1.82, 2.24) is 0 Å². The van der Waals surface area contributed by atoms with Crippen molar-refractivity contribution < 1.29 is 19.1 Å². The first-order chi connectivity index (χ1) is 17.4. The molecule has 4 rings (SSSR count). The lowest BCUT2D eigenvalue weighted by atomic mass is 10.0. The van der Waals surface area contributed by atoms with Crippen LogP contribution in [-0.2, 0) is 9.53 Å². The first-order valence-electron chi connectivity index (χ1n) is 11.2. The summed E-state index contributed by atoms with van der Waals surface area (Å²) >= 11 is 10.9. The summed E-state index contributed by atoms with van der Waals surface area (Å²) in [5.74, 6) is -0.342. The molecule has 4 aromatic rings. The molecule has 1 N–H and O–H groups in total. The van der Waals surface area contributed by atoms with Crippen LogP contribution in [0, 0.1) is 6.92 Å². The molecule has 0 aliphatic carbocycles. The number of aryl methyl sites for hydroxylation is 1. The Morgan fingerprint density at radius 1 is 0.972 bits per heavy atom. The van der Waals surface area contributed by atoms with Crippen molar-refractivity contribution in [3.05, 3.63) is 92.7 Å². The van der Waals surface area contributed by atoms with Gasteiger partial charge in [-0.1, -0.05) is 60.1 Å². The number of rotatable bonds is 8. The van der Waals surface area contributed by atoms with Gasteiger partial charge in [-0.2, -0.15) is 0 Å². The number of nitrogens with one attached hydrogen (secondary N) is 1. The number of carbonyl (C=O) groups is 2. The van der Waals surface area contributed by atoms with Gasteiger partial charge >= 0.3 is 5.97 Å². The highest BCUT2D eigenvalue weighted by Gasteiger charge is 2.25. The van der Waals surface area contributed by atoms with E-state index in [0.29, 0.717) is 26.9 Å². The number of hydrogen-bond donors (Lipinski definition) is 1. The fourth-order valence-electron chi connectivity index (χ4n) is 3.73. The van der Waals surface area contributed by atoms with E-state index in [4.69, 9.17) is 21.1 Å². The first-order valence-corrected chi connectivity index (χ1v) is 13.2. The molecule has 3 aromatic carbocycles. The quantitative estimate of drug-likeness (QED) is 0.213. The lowest BCUT2D eigenvalue weighted by molar-refractivity contribution is -0.118. The monoisotopic (exact) mass is 583 g/mol. The van der Waals surface area contributed by atoms with E-state index < -0.39 is 5.97 Å². The van der Waals surface area contributed by atoms with Crippen LogP contribution >= 0.6 is 38.9 Å². The van der Waals surface area contributed by atoms with Crippen LogP contribution in [0.1, 0.15) is 22.2 Å². The molecule has 1 aromatic heterocycles. The fraction of sp³-hybridized carbons (Fsp3) is 0.143. The Kier molecular flexibility index (Phi) is 8.46. The van der Waals surface area contributed by atoms with Gasteiger partial charge in [-0.05, 0) is 70.7 Å². The number of ether oxygens (including phenoxy) is 2. The number of carbonyl (C=O) groups excluding carboxylic acids is 2. The molecule has 184 valence electrons. The molecule has 0 unspecified atom stereocenters. The summed E-state index contributed by atoms with van der Waals surface area (Å²) in [6.45, 7) is 3.64. The minimum Gasteiger partial charge on any atom is -0.483 e. The van der Waals surface area contributed by atoms with Crippen molar-refractivity contribution in [3.63, 3.8) is 0 Å². The first kappa shape index (κ1) is 25.9. The summed E-state index contributed by atoms with van der Waals surface area (Å²) in [5.41, 5.74) is 3.96. The predicted octanol–water partition coefficient (Wildman–Crippen LogP) is 8.00. The van der Waals surface area contributed by atoms with Gasteiger partial charge in [0.2, 0.25) is 0 Å². The second-order valence-electron chi connectivity index (χ2n) is 7.81. The van der Waals surface area contributed by atoms with Gasteiger partial charge in [0.1, 0.15) is 16.3 Å². The van der Waals surface area contributed by atoms with Crippen LogP contribution < -0.4 is 10.1 Å². The molecular formula is C28H23BrClNO4S. The molecule has 0 saturated heterocycles. The van der Waals surface area contributed by atoms with Gasteiger partial charge in [0, 0.05) is 15.5 Å². The largest absolute Gasteiger partial charge is 0.483 e. The maximum absolute atomic E-state index is 12.9. The molecule has 1 heterocycles. The van der Waals surface area contributed by atoms with Gasteiger partial charge in [-0.15, -0.1) is 11.3 Å². The maximum atomic E-state index is 12.9. The van der Waals surface area contributed by atoms with Crippen molar-refractivity contribution in [3.8, 4) is 28.0 Å². The standard InChI is InChI=1S/C28H23BrClNO4S/c1-3-34-28(33)26-25(19-9-12-21(30)13-10-19)17(2)36-27(26)31-24(32)16-35-23-14-11-20(15-22(23)29)18-7-5-4-6-8-18/h4-15H,3,16H2,1-2H3,(H,31,32). The number of halogens is 2. The number of anilines is 1. The molecule has 8 heteroatoms. The summed E-state index contributed by atoms with van der Waals surface area (Å²) in [6.07, 6.45) is 0. The normalized spacial score (nSPS) is 10.7. The number of esters is 1. The fourth-order valence-corrected chi connectivity index (χ4v) is 5.43. The molecule has 5 nitrogen and oxygen atoms in total. The van der Waals surface area contributed by atoms with Crippen molar-refractivity contribution in [1.29, 1.82) is 0 Å². The van der Waals surface area contributed by atoms with E-state index in [9.17, 15) is 9.59 Å². The number of benzene rings is 3. The van der Waals surface area contributed by atoms with E-state index in [0.717, 1.165) is 26.0 Å². The minimum atomic E-state index is -0.498. The van der Waals surface area contributed by atoms with Gasteiger partial charge in [-0.25, -0.2) is 4.79 Å². The van der Waals surface area contributed by atoms with Gasteiger partial charge < -0.3 is 14.8 Å². The molecule has 0 spiro atoms. The van der Waals surface area contributed by atoms with Crippen molar-refractivity contribution in [2.24, 2.45) is 0 Å². The average molecular weight is 585 g/mol. The molecule has 0 radical (unpaired) electrons. The third kappa shape index (κ3) is 5.98. The molecule has 0 fully saturated rings. The number of hydrogen-bond acceptors (Lipinski definition) is 5. The Morgan fingerprint density at radius 3 is 2.33 bits per heavy atom. The number of thiophene rings is 1. The highest BCUT2D eigenvalue weighted by Crippen LogP contribution is 2.41. The van der Waals surface area contributed by atoms with Gasteiger partial charge in [-0.3, -0.25) is 4.79 Å². The van der Waals surface area contributed by atoms with Crippen LogP contribution in [-0.4, -0.2) is 25.1 Å². The van der Waals surface area contributed by atoms with Crippen molar-refractivity contribution in [2.75, 3.05) is 18.5 Å². The third-order valence-corrected chi connectivity index (χ3v) is 7.24. The van der Waals surface area contributed by atoms with Crippen molar-refractivity contribution >= 4 is 55.7 Å². The zero-order valence-corrected chi connectivity index (χ0v) is 22.8. The van der Waals surface area contributed by atoms with Crippen LogP contribution in [0.25, 0.3) is 22.3 Å². The summed E-state index contributed by atoms with van der Waals surface area (Å²) in [7, 11) is 0. The molecule has 0 aliphatic heterocycles. The molecule has 0 aliphatic rings. The molecule has 0 saturated carbocycles. The van der Waals surface area contributed by atoms with Gasteiger partial charge in [0.25, 0.3) is 5.91 Å². The van der Waals surface area contributed by atoms with Crippen LogP contribution in [0.2, 0.25) is 5.02 Å². The van der Waals surface area contributed by atoms with E-state index in [-0.39, 0.29) is 19.1 Å². The summed E-state index contributed by atoms with van der Waals surface area (Å²) < 4.78 is 11.8. The molecule has 0 atom stereocenters. The maximum Gasteiger partial charge on any atom is 0.341 e. The Labute approximate surface area is 227 Å². The smallest absolute Gasteiger partial charge is 0.341 e. The Bertz CT molecular complexity index is 1390. The summed E-state index contributed by atoms with van der Waals surface area (Å²) in [6, 6.07) is 22.9. The molecule has 1 amide bonds. The van der Waals surface area contributed by atoms with Gasteiger partial charge in [0.15, 0.2) is 6.61 Å². The van der Waals surface area contributed by atoms with E-state index in [1.807, 2.05) is 67.6 Å².